The molecule has 6 nitrogen and oxygen atoms in total. The van der Waals surface area contributed by atoms with Crippen molar-refractivity contribution in [1.82, 2.24) is 19.7 Å². The molecule has 1 fully saturated rings. The summed E-state index contributed by atoms with van der Waals surface area (Å²) in [6.07, 6.45) is 5.59. The van der Waals surface area contributed by atoms with E-state index in [0.717, 1.165) is 31.6 Å². The van der Waals surface area contributed by atoms with E-state index in [-0.39, 0.29) is 5.56 Å². The zero-order chi connectivity index (χ0) is 13.9. The van der Waals surface area contributed by atoms with Crippen LogP contribution in [0.3, 0.4) is 0 Å². The Morgan fingerprint density at radius 3 is 3.15 bits per heavy atom. The highest BCUT2D eigenvalue weighted by atomic mass is 16.3. The van der Waals surface area contributed by atoms with Crippen LogP contribution in [0.15, 0.2) is 33.8 Å². The van der Waals surface area contributed by atoms with Crippen molar-refractivity contribution in [3.05, 3.63) is 46.5 Å². The van der Waals surface area contributed by atoms with Crippen molar-refractivity contribution in [2.24, 2.45) is 0 Å². The number of likely N-dealkylation sites (tertiary alicyclic amines) is 1. The molecule has 3 rings (SSSR count). The van der Waals surface area contributed by atoms with Crippen molar-refractivity contribution in [3.8, 4) is 0 Å². The first-order valence-electron chi connectivity index (χ1n) is 6.89. The van der Waals surface area contributed by atoms with Gasteiger partial charge >= 0.3 is 0 Å². The van der Waals surface area contributed by atoms with Crippen molar-refractivity contribution in [2.45, 2.75) is 38.9 Å². The van der Waals surface area contributed by atoms with Gasteiger partial charge in [-0.05, 0) is 25.5 Å². The summed E-state index contributed by atoms with van der Waals surface area (Å²) in [5.74, 6) is 0.691. The molecule has 106 valence electrons. The van der Waals surface area contributed by atoms with Gasteiger partial charge in [-0.25, -0.2) is 9.67 Å². The molecule has 3 heterocycles. The van der Waals surface area contributed by atoms with Gasteiger partial charge in [-0.15, -0.1) is 0 Å². The first-order chi connectivity index (χ1) is 9.72. The first-order valence-corrected chi connectivity index (χ1v) is 6.89. The molecule has 2 aromatic rings. The van der Waals surface area contributed by atoms with Crippen molar-refractivity contribution in [2.75, 3.05) is 6.54 Å². The van der Waals surface area contributed by atoms with Crippen LogP contribution in [0.25, 0.3) is 0 Å². The Labute approximate surface area is 117 Å². The summed E-state index contributed by atoms with van der Waals surface area (Å²) in [7, 11) is 0. The maximum Gasteiger partial charge on any atom is 0.266 e. The lowest BCUT2D eigenvalue weighted by atomic mass is 10.2. The summed E-state index contributed by atoms with van der Waals surface area (Å²) in [6.45, 7) is 4.27. The monoisotopic (exact) mass is 274 g/mol. The van der Waals surface area contributed by atoms with Gasteiger partial charge in [-0.2, -0.15) is 5.10 Å². The Morgan fingerprint density at radius 2 is 2.40 bits per heavy atom. The van der Waals surface area contributed by atoms with Crippen LogP contribution >= 0.6 is 0 Å². The van der Waals surface area contributed by atoms with E-state index < -0.39 is 0 Å². The fourth-order valence-corrected chi connectivity index (χ4v) is 2.72. The lowest BCUT2D eigenvalue weighted by Crippen LogP contribution is -2.36. The molecule has 1 saturated heterocycles. The number of hydrogen-bond donors (Lipinski definition) is 0. The van der Waals surface area contributed by atoms with E-state index in [2.05, 4.69) is 15.0 Å². The molecule has 0 radical (unpaired) electrons. The lowest BCUT2D eigenvalue weighted by Gasteiger charge is -2.23. The van der Waals surface area contributed by atoms with Gasteiger partial charge in [0.05, 0.1) is 12.2 Å². The van der Waals surface area contributed by atoms with Crippen molar-refractivity contribution in [3.63, 3.8) is 0 Å². The minimum Gasteiger partial charge on any atom is -0.449 e. The number of aromatic nitrogens is 3. The Kier molecular flexibility index (Phi) is 3.64. The standard InChI is InChI=1S/C14H18N4O2/c1-11-16-12(10-20-11)8-17-7-3-4-13(17)9-18-14(19)5-2-6-15-18/h2,5-6,10,13H,3-4,7-9H2,1H3. The smallest absolute Gasteiger partial charge is 0.266 e. The summed E-state index contributed by atoms with van der Waals surface area (Å²) in [6, 6.07) is 3.55. The molecule has 0 aliphatic carbocycles. The van der Waals surface area contributed by atoms with Crippen LogP contribution in [0, 0.1) is 6.92 Å². The average molecular weight is 274 g/mol. The Hall–Kier alpha value is -1.95. The number of hydrogen-bond acceptors (Lipinski definition) is 5. The van der Waals surface area contributed by atoms with E-state index >= 15 is 0 Å². The van der Waals surface area contributed by atoms with E-state index in [1.54, 1.807) is 24.6 Å². The summed E-state index contributed by atoms with van der Waals surface area (Å²) in [5, 5.41) is 4.13. The molecular weight excluding hydrogens is 256 g/mol. The van der Waals surface area contributed by atoms with Crippen LogP contribution in [-0.2, 0) is 13.1 Å². The fraction of sp³-hybridized carbons (Fsp3) is 0.500. The third kappa shape index (κ3) is 2.80. The average Bonchev–Trinajstić information content (AvgIpc) is 3.03. The molecule has 20 heavy (non-hydrogen) atoms. The van der Waals surface area contributed by atoms with Gasteiger partial charge in [0, 0.05) is 31.8 Å². The maximum atomic E-state index is 11.7. The molecule has 0 amide bonds. The molecule has 1 aliphatic rings. The zero-order valence-electron chi connectivity index (χ0n) is 11.5. The first kappa shape index (κ1) is 13.1. The molecule has 1 unspecified atom stereocenters. The second-order valence-corrected chi connectivity index (χ2v) is 5.17. The normalized spacial score (nSPS) is 19.6. The van der Waals surface area contributed by atoms with Gasteiger partial charge in [0.1, 0.15) is 6.26 Å². The van der Waals surface area contributed by atoms with Crippen LogP contribution in [0.5, 0.6) is 0 Å². The second kappa shape index (κ2) is 5.58. The molecular formula is C14H18N4O2. The van der Waals surface area contributed by atoms with E-state index in [9.17, 15) is 4.79 Å². The fourth-order valence-electron chi connectivity index (χ4n) is 2.72. The van der Waals surface area contributed by atoms with Gasteiger partial charge in [-0.1, -0.05) is 0 Å². The Bertz CT molecular complexity index is 634. The summed E-state index contributed by atoms with van der Waals surface area (Å²) >= 11 is 0. The molecule has 0 spiro atoms. The quantitative estimate of drug-likeness (QED) is 0.838. The van der Waals surface area contributed by atoms with Gasteiger partial charge in [-0.3, -0.25) is 9.69 Å². The molecule has 0 bridgehead atoms. The highest BCUT2D eigenvalue weighted by Crippen LogP contribution is 2.20. The minimum atomic E-state index is -0.0448. The molecule has 1 atom stereocenters. The number of oxazole rings is 1. The van der Waals surface area contributed by atoms with E-state index in [0.29, 0.717) is 18.5 Å². The molecule has 0 saturated carbocycles. The molecule has 2 aromatic heterocycles. The second-order valence-electron chi connectivity index (χ2n) is 5.17. The van der Waals surface area contributed by atoms with Crippen LogP contribution in [0.2, 0.25) is 0 Å². The van der Waals surface area contributed by atoms with Crippen molar-refractivity contribution < 1.29 is 4.42 Å². The van der Waals surface area contributed by atoms with E-state index in [1.165, 1.54) is 4.68 Å². The zero-order valence-corrected chi connectivity index (χ0v) is 11.5. The lowest BCUT2D eigenvalue weighted by molar-refractivity contribution is 0.214. The molecule has 0 aromatic carbocycles. The van der Waals surface area contributed by atoms with Crippen molar-refractivity contribution >= 4 is 0 Å². The predicted octanol–water partition coefficient (Wildman–Crippen LogP) is 1.20. The minimum absolute atomic E-state index is 0.0448. The van der Waals surface area contributed by atoms with Crippen molar-refractivity contribution in [1.29, 1.82) is 0 Å². The van der Waals surface area contributed by atoms with Crippen LogP contribution in [-0.4, -0.2) is 32.3 Å². The Balaban J connectivity index is 1.69. The summed E-state index contributed by atoms with van der Waals surface area (Å²) < 4.78 is 6.78. The van der Waals surface area contributed by atoms with Crippen LogP contribution in [0.4, 0.5) is 0 Å². The van der Waals surface area contributed by atoms with Gasteiger partial charge in [0.25, 0.3) is 5.56 Å². The Morgan fingerprint density at radius 1 is 1.50 bits per heavy atom. The summed E-state index contributed by atoms with van der Waals surface area (Å²) in [4.78, 5) is 18.4. The molecule has 0 N–H and O–H groups in total. The largest absolute Gasteiger partial charge is 0.449 e. The number of rotatable bonds is 4. The molecule has 6 heteroatoms. The third-order valence-electron chi connectivity index (χ3n) is 3.70. The molecule has 1 aliphatic heterocycles. The highest BCUT2D eigenvalue weighted by molar-refractivity contribution is 4.97. The maximum absolute atomic E-state index is 11.7. The topological polar surface area (TPSA) is 64.2 Å². The van der Waals surface area contributed by atoms with Gasteiger partial charge < -0.3 is 4.42 Å². The predicted molar refractivity (Wildman–Crippen MR) is 73.2 cm³/mol. The number of nitrogens with zero attached hydrogens (tertiary/aromatic N) is 4. The van der Waals surface area contributed by atoms with Crippen LogP contribution in [0.1, 0.15) is 24.4 Å². The van der Waals surface area contributed by atoms with E-state index in [1.807, 2.05) is 6.92 Å². The summed E-state index contributed by atoms with van der Waals surface area (Å²) in [5.41, 5.74) is 0.902. The van der Waals surface area contributed by atoms with E-state index in [4.69, 9.17) is 4.42 Å². The highest BCUT2D eigenvalue weighted by Gasteiger charge is 2.26. The third-order valence-corrected chi connectivity index (χ3v) is 3.70. The van der Waals surface area contributed by atoms with Crippen LogP contribution < -0.4 is 5.56 Å². The van der Waals surface area contributed by atoms with Gasteiger partial charge in [0.2, 0.25) is 0 Å². The van der Waals surface area contributed by atoms with Gasteiger partial charge in [0.15, 0.2) is 5.89 Å². The SMILES string of the molecule is Cc1nc(CN2CCCC2Cn2ncccc2=O)co1. The number of aryl methyl sites for hydroxylation is 1.